The van der Waals surface area contributed by atoms with Crippen LogP contribution in [0.4, 0.5) is 0 Å². The van der Waals surface area contributed by atoms with Gasteiger partial charge in [-0.15, -0.1) is 10.2 Å². The van der Waals surface area contributed by atoms with Gasteiger partial charge in [0, 0.05) is 5.56 Å². The summed E-state index contributed by atoms with van der Waals surface area (Å²) in [5.74, 6) is 0. The van der Waals surface area contributed by atoms with Gasteiger partial charge in [-0.05, 0) is 42.4 Å². The van der Waals surface area contributed by atoms with Crippen LogP contribution in [-0.2, 0) is 25.7 Å². The lowest BCUT2D eigenvalue weighted by atomic mass is 10.0. The van der Waals surface area contributed by atoms with E-state index < -0.39 is 0 Å². The minimum absolute atomic E-state index is 0.951. The topological polar surface area (TPSA) is 25.8 Å². The van der Waals surface area contributed by atoms with E-state index in [1.807, 2.05) is 0 Å². The fraction of sp³-hybridized carbons (Fsp3) is 0.300. The first kappa shape index (κ1) is 15.9. The molecule has 2 aromatic carbocycles. The van der Waals surface area contributed by atoms with Gasteiger partial charge < -0.3 is 0 Å². The molecule has 2 nitrogen and oxygen atoms in total. The Morgan fingerprint density at radius 1 is 0.696 bits per heavy atom. The molecule has 0 spiro atoms. The molecule has 0 N–H and O–H groups in total. The van der Waals surface area contributed by atoms with E-state index in [-0.39, 0.29) is 0 Å². The lowest BCUT2D eigenvalue weighted by Crippen LogP contribution is -1.92. The summed E-state index contributed by atoms with van der Waals surface area (Å²) >= 11 is 1.68. The zero-order valence-corrected chi connectivity index (χ0v) is 14.6. The maximum atomic E-state index is 4.27. The molecular weight excluding hydrogens is 300 g/mol. The van der Waals surface area contributed by atoms with E-state index in [2.05, 4.69) is 72.6 Å². The minimum atomic E-state index is 0.951. The fourth-order valence-electron chi connectivity index (χ4n) is 2.56. The van der Waals surface area contributed by atoms with E-state index >= 15 is 0 Å². The van der Waals surface area contributed by atoms with Crippen LogP contribution in [0.25, 0.3) is 10.6 Å². The van der Waals surface area contributed by atoms with E-state index in [4.69, 9.17) is 0 Å². The van der Waals surface area contributed by atoms with E-state index in [1.54, 1.807) is 11.3 Å². The lowest BCUT2D eigenvalue weighted by Gasteiger charge is -2.04. The Bertz CT molecular complexity index is 742. The molecule has 118 valence electrons. The number of hydrogen-bond donors (Lipinski definition) is 0. The fourth-order valence-corrected chi connectivity index (χ4v) is 3.34. The summed E-state index contributed by atoms with van der Waals surface area (Å²) in [5, 5.41) is 10.6. The number of nitrogens with zero attached hydrogens (tertiary/aromatic N) is 2. The van der Waals surface area contributed by atoms with Gasteiger partial charge in [-0.2, -0.15) is 0 Å². The second kappa shape index (κ2) is 7.51. The Labute approximate surface area is 142 Å². The van der Waals surface area contributed by atoms with Crippen molar-refractivity contribution in [2.45, 2.75) is 39.5 Å². The van der Waals surface area contributed by atoms with Crippen LogP contribution in [0.1, 0.15) is 35.5 Å². The quantitative estimate of drug-likeness (QED) is 0.630. The number of aryl methyl sites for hydroxylation is 4. The van der Waals surface area contributed by atoms with Crippen LogP contribution in [0.15, 0.2) is 48.5 Å². The molecule has 3 heteroatoms. The van der Waals surface area contributed by atoms with Crippen molar-refractivity contribution in [2.75, 3.05) is 0 Å². The van der Waals surface area contributed by atoms with Crippen LogP contribution in [0.2, 0.25) is 0 Å². The van der Waals surface area contributed by atoms with Crippen molar-refractivity contribution in [2.24, 2.45) is 0 Å². The summed E-state index contributed by atoms with van der Waals surface area (Å²) in [6.45, 7) is 4.30. The third kappa shape index (κ3) is 4.05. The highest BCUT2D eigenvalue weighted by Gasteiger charge is 2.05. The van der Waals surface area contributed by atoms with Gasteiger partial charge in [0.05, 0.1) is 0 Å². The van der Waals surface area contributed by atoms with Gasteiger partial charge in [-0.3, -0.25) is 0 Å². The first-order valence-electron chi connectivity index (χ1n) is 8.28. The molecule has 3 rings (SSSR count). The third-order valence-corrected chi connectivity index (χ3v) is 5.22. The summed E-state index contributed by atoms with van der Waals surface area (Å²) in [6, 6.07) is 17.7. The molecule has 0 aliphatic rings. The molecule has 23 heavy (non-hydrogen) atoms. The van der Waals surface area contributed by atoms with Gasteiger partial charge in [-0.1, -0.05) is 73.7 Å². The predicted octanol–water partition coefficient (Wildman–Crippen LogP) is 5.12. The average Bonchev–Trinajstić information content (AvgIpc) is 3.10. The summed E-state index contributed by atoms with van der Waals surface area (Å²) in [5.41, 5.74) is 5.34. The second-order valence-corrected chi connectivity index (χ2v) is 6.78. The van der Waals surface area contributed by atoms with Crippen LogP contribution in [-0.4, -0.2) is 10.2 Å². The summed E-state index contributed by atoms with van der Waals surface area (Å²) in [6.07, 6.45) is 4.21. The van der Waals surface area contributed by atoms with Crippen LogP contribution in [0, 0.1) is 0 Å². The Balaban J connectivity index is 1.62. The number of rotatable bonds is 6. The maximum absolute atomic E-state index is 4.27. The van der Waals surface area contributed by atoms with Gasteiger partial charge >= 0.3 is 0 Å². The van der Waals surface area contributed by atoms with Gasteiger partial charge in [-0.25, -0.2) is 0 Å². The van der Waals surface area contributed by atoms with Gasteiger partial charge in [0.1, 0.15) is 10.0 Å². The Morgan fingerprint density at radius 3 is 1.78 bits per heavy atom. The maximum Gasteiger partial charge on any atom is 0.147 e. The Morgan fingerprint density at radius 2 is 1.26 bits per heavy atom. The molecule has 3 aromatic rings. The van der Waals surface area contributed by atoms with Gasteiger partial charge in [0.2, 0.25) is 0 Å². The Kier molecular flexibility index (Phi) is 5.19. The van der Waals surface area contributed by atoms with Gasteiger partial charge in [0.25, 0.3) is 0 Å². The Hall–Kier alpha value is -2.00. The largest absolute Gasteiger partial charge is 0.147 e. The van der Waals surface area contributed by atoms with Crippen LogP contribution >= 0.6 is 11.3 Å². The van der Waals surface area contributed by atoms with E-state index in [0.29, 0.717) is 0 Å². The van der Waals surface area contributed by atoms with Crippen LogP contribution in [0.5, 0.6) is 0 Å². The highest BCUT2D eigenvalue weighted by Crippen LogP contribution is 2.24. The lowest BCUT2D eigenvalue weighted by molar-refractivity contribution is 0.957. The molecule has 0 amide bonds. The summed E-state index contributed by atoms with van der Waals surface area (Å²) in [7, 11) is 0. The number of hydrogen-bond acceptors (Lipinski definition) is 3. The van der Waals surface area contributed by atoms with Gasteiger partial charge in [0.15, 0.2) is 0 Å². The predicted molar refractivity (Wildman–Crippen MR) is 98.0 cm³/mol. The van der Waals surface area contributed by atoms with E-state index in [9.17, 15) is 0 Å². The molecule has 0 aliphatic heterocycles. The van der Waals surface area contributed by atoms with Crippen molar-refractivity contribution in [3.8, 4) is 10.6 Å². The first-order chi connectivity index (χ1) is 11.3. The minimum Gasteiger partial charge on any atom is -0.143 e. The van der Waals surface area contributed by atoms with E-state index in [0.717, 1.165) is 35.7 Å². The molecule has 0 unspecified atom stereocenters. The molecular formula is C20H22N2S. The highest BCUT2D eigenvalue weighted by molar-refractivity contribution is 7.14. The summed E-state index contributed by atoms with van der Waals surface area (Å²) in [4.78, 5) is 0. The van der Waals surface area contributed by atoms with Crippen molar-refractivity contribution in [3.63, 3.8) is 0 Å². The number of benzene rings is 2. The molecule has 0 radical (unpaired) electrons. The average molecular weight is 322 g/mol. The zero-order chi connectivity index (χ0) is 16.1. The SMILES string of the molecule is CCc1ccc(CCc2ccc(-c3nnc(CC)s3)cc2)cc1. The highest BCUT2D eigenvalue weighted by atomic mass is 32.1. The van der Waals surface area contributed by atoms with Crippen molar-refractivity contribution in [1.82, 2.24) is 10.2 Å². The van der Waals surface area contributed by atoms with Crippen molar-refractivity contribution >= 4 is 11.3 Å². The normalized spacial score (nSPS) is 10.9. The molecule has 1 heterocycles. The monoisotopic (exact) mass is 322 g/mol. The number of aromatic nitrogens is 2. The molecule has 1 aromatic heterocycles. The third-order valence-electron chi connectivity index (χ3n) is 4.10. The van der Waals surface area contributed by atoms with E-state index in [1.165, 1.54) is 22.3 Å². The first-order valence-corrected chi connectivity index (χ1v) is 9.09. The molecule has 0 fully saturated rings. The molecule has 0 aliphatic carbocycles. The van der Waals surface area contributed by atoms with Crippen molar-refractivity contribution in [3.05, 3.63) is 70.2 Å². The smallest absolute Gasteiger partial charge is 0.143 e. The standard InChI is InChI=1S/C20H22N2S/c1-3-15-5-7-16(8-6-15)9-10-17-11-13-18(14-12-17)20-22-21-19(4-2)23-20/h5-8,11-14H,3-4,9-10H2,1-2H3. The van der Waals surface area contributed by atoms with Crippen LogP contribution < -0.4 is 0 Å². The molecule has 0 saturated carbocycles. The van der Waals surface area contributed by atoms with Crippen molar-refractivity contribution < 1.29 is 0 Å². The molecule has 0 bridgehead atoms. The molecule has 0 atom stereocenters. The summed E-state index contributed by atoms with van der Waals surface area (Å²) < 4.78 is 0. The molecule has 0 saturated heterocycles. The zero-order valence-electron chi connectivity index (χ0n) is 13.7. The van der Waals surface area contributed by atoms with Crippen molar-refractivity contribution in [1.29, 1.82) is 0 Å². The van der Waals surface area contributed by atoms with Crippen LogP contribution in [0.3, 0.4) is 0 Å². The second-order valence-electron chi connectivity index (χ2n) is 5.72.